The van der Waals surface area contributed by atoms with Crippen LogP contribution >= 0.6 is 0 Å². The lowest BCUT2D eigenvalue weighted by atomic mass is 9.68. The fourth-order valence-electron chi connectivity index (χ4n) is 5.37. The molecule has 0 radical (unpaired) electrons. The SMILES string of the molecule is CCCCc1ccc(C2CCC(C3CCC(/C(F)=C/CF)CC3)CC2)cc1. The van der Waals surface area contributed by atoms with Crippen LogP contribution in [0.15, 0.2) is 36.2 Å². The third-order valence-corrected chi connectivity index (χ3v) is 7.14. The molecule has 150 valence electrons. The summed E-state index contributed by atoms with van der Waals surface area (Å²) < 4.78 is 26.1. The van der Waals surface area contributed by atoms with E-state index in [0.29, 0.717) is 0 Å². The van der Waals surface area contributed by atoms with Crippen molar-refractivity contribution < 1.29 is 8.78 Å². The molecule has 27 heavy (non-hydrogen) atoms. The average molecular weight is 375 g/mol. The first-order valence-electron chi connectivity index (χ1n) is 11.2. The number of allylic oxidation sites excluding steroid dienone is 2. The summed E-state index contributed by atoms with van der Waals surface area (Å²) in [5.74, 6) is 2.08. The van der Waals surface area contributed by atoms with E-state index in [0.717, 1.165) is 49.5 Å². The van der Waals surface area contributed by atoms with Crippen LogP contribution in [-0.2, 0) is 6.42 Å². The standard InChI is InChI=1S/C25H36F2/c1-2-3-4-19-5-7-20(8-6-19)21-9-11-22(12-10-21)23-13-15-24(16-14-23)25(27)17-18-26/h5-8,17,21-24H,2-4,9-16,18H2,1H3/b25-17-. The molecule has 0 bridgehead atoms. The predicted molar refractivity (Wildman–Crippen MR) is 110 cm³/mol. The molecule has 2 saturated carbocycles. The maximum atomic E-state index is 13.8. The summed E-state index contributed by atoms with van der Waals surface area (Å²) in [6, 6.07) is 9.39. The molecule has 0 saturated heterocycles. The van der Waals surface area contributed by atoms with Crippen LogP contribution in [0.3, 0.4) is 0 Å². The van der Waals surface area contributed by atoms with Gasteiger partial charge >= 0.3 is 0 Å². The molecule has 0 heterocycles. The molecule has 0 amide bonds. The van der Waals surface area contributed by atoms with Crippen molar-refractivity contribution >= 4 is 0 Å². The van der Waals surface area contributed by atoms with Crippen molar-refractivity contribution in [3.05, 3.63) is 47.3 Å². The summed E-state index contributed by atoms with van der Waals surface area (Å²) in [6.45, 7) is 1.58. The molecule has 0 spiro atoms. The monoisotopic (exact) mass is 374 g/mol. The molecule has 2 aliphatic rings. The number of hydrogen-bond donors (Lipinski definition) is 0. The lowest BCUT2D eigenvalue weighted by Crippen LogP contribution is -2.25. The Morgan fingerprint density at radius 3 is 2.07 bits per heavy atom. The van der Waals surface area contributed by atoms with E-state index in [9.17, 15) is 8.78 Å². The zero-order chi connectivity index (χ0) is 19.1. The van der Waals surface area contributed by atoms with Crippen molar-refractivity contribution in [3.63, 3.8) is 0 Å². The Hall–Kier alpha value is -1.18. The Morgan fingerprint density at radius 1 is 0.926 bits per heavy atom. The van der Waals surface area contributed by atoms with E-state index in [2.05, 4.69) is 31.2 Å². The number of rotatable bonds is 7. The maximum Gasteiger partial charge on any atom is 0.110 e. The molecule has 3 rings (SSSR count). The molecule has 0 atom stereocenters. The second-order valence-corrected chi connectivity index (χ2v) is 8.81. The van der Waals surface area contributed by atoms with Crippen LogP contribution in [0.5, 0.6) is 0 Å². The number of halogens is 2. The topological polar surface area (TPSA) is 0 Å². The van der Waals surface area contributed by atoms with Gasteiger partial charge in [0.2, 0.25) is 0 Å². The van der Waals surface area contributed by atoms with Gasteiger partial charge in [0, 0.05) is 5.92 Å². The second-order valence-electron chi connectivity index (χ2n) is 8.81. The Bertz CT molecular complexity index is 573. The molecule has 0 nitrogen and oxygen atoms in total. The molecule has 2 fully saturated rings. The first-order chi connectivity index (χ1) is 13.2. The minimum absolute atomic E-state index is 0.0143. The molecule has 0 aromatic heterocycles. The van der Waals surface area contributed by atoms with Gasteiger partial charge < -0.3 is 0 Å². The van der Waals surface area contributed by atoms with E-state index in [-0.39, 0.29) is 11.7 Å². The van der Waals surface area contributed by atoms with E-state index >= 15 is 0 Å². The van der Waals surface area contributed by atoms with E-state index in [4.69, 9.17) is 0 Å². The first-order valence-corrected chi connectivity index (χ1v) is 11.2. The molecule has 1 aromatic rings. The lowest BCUT2D eigenvalue weighted by Gasteiger charge is -2.37. The van der Waals surface area contributed by atoms with Crippen LogP contribution in [0, 0.1) is 17.8 Å². The van der Waals surface area contributed by atoms with Crippen LogP contribution < -0.4 is 0 Å². The van der Waals surface area contributed by atoms with Gasteiger partial charge in [0.25, 0.3) is 0 Å². The number of alkyl halides is 1. The highest BCUT2D eigenvalue weighted by atomic mass is 19.1. The van der Waals surface area contributed by atoms with Gasteiger partial charge in [-0.05, 0) is 99.2 Å². The largest absolute Gasteiger partial charge is 0.246 e. The quantitative estimate of drug-likeness (QED) is 0.454. The number of aryl methyl sites for hydroxylation is 1. The maximum absolute atomic E-state index is 13.8. The Balaban J connectivity index is 1.45. The van der Waals surface area contributed by atoms with Gasteiger partial charge in [-0.2, -0.15) is 0 Å². The fourth-order valence-corrected chi connectivity index (χ4v) is 5.37. The second kappa shape index (κ2) is 10.4. The summed E-state index contributed by atoms with van der Waals surface area (Å²) in [4.78, 5) is 0. The Morgan fingerprint density at radius 2 is 1.52 bits per heavy atom. The highest BCUT2D eigenvalue weighted by Crippen LogP contribution is 2.45. The van der Waals surface area contributed by atoms with E-state index in [1.165, 1.54) is 56.1 Å². The number of benzene rings is 1. The van der Waals surface area contributed by atoms with Crippen LogP contribution in [0.4, 0.5) is 8.78 Å². The smallest absolute Gasteiger partial charge is 0.110 e. The number of hydrogen-bond acceptors (Lipinski definition) is 0. The van der Waals surface area contributed by atoms with Crippen molar-refractivity contribution in [3.8, 4) is 0 Å². The van der Waals surface area contributed by atoms with Gasteiger partial charge in [-0.1, -0.05) is 37.6 Å². The highest BCUT2D eigenvalue weighted by molar-refractivity contribution is 5.26. The van der Waals surface area contributed by atoms with E-state index in [1.54, 1.807) is 0 Å². The molecule has 2 heteroatoms. The van der Waals surface area contributed by atoms with Gasteiger partial charge in [-0.25, -0.2) is 8.78 Å². The predicted octanol–water partition coefficient (Wildman–Crippen LogP) is 7.93. The van der Waals surface area contributed by atoms with Crippen molar-refractivity contribution in [2.24, 2.45) is 17.8 Å². The molecular formula is C25H36F2. The van der Waals surface area contributed by atoms with Crippen molar-refractivity contribution in [1.29, 1.82) is 0 Å². The molecule has 0 aliphatic heterocycles. The molecule has 0 unspecified atom stereocenters. The minimum Gasteiger partial charge on any atom is -0.246 e. The Kier molecular flexibility index (Phi) is 7.91. The van der Waals surface area contributed by atoms with Crippen molar-refractivity contribution in [1.82, 2.24) is 0 Å². The summed E-state index contributed by atoms with van der Waals surface area (Å²) in [7, 11) is 0. The van der Waals surface area contributed by atoms with Crippen molar-refractivity contribution in [2.75, 3.05) is 6.67 Å². The van der Waals surface area contributed by atoms with Gasteiger partial charge in [0.1, 0.15) is 12.5 Å². The van der Waals surface area contributed by atoms with Crippen LogP contribution in [0.1, 0.15) is 88.2 Å². The van der Waals surface area contributed by atoms with Gasteiger partial charge in [0.05, 0.1) is 0 Å². The zero-order valence-corrected chi connectivity index (χ0v) is 16.9. The zero-order valence-electron chi connectivity index (χ0n) is 16.9. The first kappa shape index (κ1) is 20.6. The van der Waals surface area contributed by atoms with Crippen LogP contribution in [0.25, 0.3) is 0 Å². The summed E-state index contributed by atoms with van der Waals surface area (Å²) in [6.07, 6.45) is 14.2. The summed E-state index contributed by atoms with van der Waals surface area (Å²) in [5, 5.41) is 0. The fraction of sp³-hybridized carbons (Fsp3) is 0.680. The molecular weight excluding hydrogens is 338 g/mol. The lowest BCUT2D eigenvalue weighted by molar-refractivity contribution is 0.162. The normalized spacial score (nSPS) is 29.7. The molecule has 2 aliphatic carbocycles. The van der Waals surface area contributed by atoms with Crippen LogP contribution in [0.2, 0.25) is 0 Å². The van der Waals surface area contributed by atoms with E-state index < -0.39 is 6.67 Å². The van der Waals surface area contributed by atoms with E-state index in [1.807, 2.05) is 0 Å². The third-order valence-electron chi connectivity index (χ3n) is 7.14. The van der Waals surface area contributed by atoms with Crippen molar-refractivity contribution in [2.45, 2.75) is 83.5 Å². The Labute approximate surface area is 164 Å². The average Bonchev–Trinajstić information content (AvgIpc) is 2.73. The van der Waals surface area contributed by atoms with Gasteiger partial charge in [-0.15, -0.1) is 0 Å². The number of unbranched alkanes of at least 4 members (excludes halogenated alkanes) is 1. The molecule has 1 aromatic carbocycles. The van der Waals surface area contributed by atoms with Crippen LogP contribution in [-0.4, -0.2) is 6.67 Å². The molecule has 0 N–H and O–H groups in total. The summed E-state index contributed by atoms with van der Waals surface area (Å²) >= 11 is 0. The highest BCUT2D eigenvalue weighted by Gasteiger charge is 2.32. The summed E-state index contributed by atoms with van der Waals surface area (Å²) in [5.41, 5.74) is 3.00. The van der Waals surface area contributed by atoms with Gasteiger partial charge in [-0.3, -0.25) is 0 Å². The minimum atomic E-state index is -0.671. The third kappa shape index (κ3) is 5.65. The van der Waals surface area contributed by atoms with Gasteiger partial charge in [0.15, 0.2) is 0 Å².